The first-order valence-electron chi connectivity index (χ1n) is 15.5. The second-order valence-corrected chi connectivity index (χ2v) is 11.3. The fourth-order valence-corrected chi connectivity index (χ4v) is 6.05. The van der Waals surface area contributed by atoms with E-state index in [1.165, 1.54) is 11.1 Å². The van der Waals surface area contributed by atoms with Crippen LogP contribution in [0.25, 0.3) is 78.3 Å². The van der Waals surface area contributed by atoms with E-state index in [0.717, 1.165) is 49.7 Å². The van der Waals surface area contributed by atoms with E-state index in [1.54, 1.807) is 0 Å². The largest absolute Gasteiger partial charge is 0.208 e. The Kier molecular flexibility index (Phi) is 7.18. The average Bonchev–Trinajstić information content (AvgIpc) is 3.15. The molecule has 1 aromatic heterocycles. The molecule has 0 saturated heterocycles. The Labute approximate surface area is 268 Å². The lowest BCUT2D eigenvalue weighted by Gasteiger charge is -2.13. The summed E-state index contributed by atoms with van der Waals surface area (Å²) in [7, 11) is 0. The Balaban J connectivity index is 1.33. The number of fused-ring (bicyclic) bond motifs is 1. The van der Waals surface area contributed by atoms with Gasteiger partial charge in [0.05, 0.1) is 0 Å². The monoisotopic (exact) mass is 587 g/mol. The van der Waals surface area contributed by atoms with Gasteiger partial charge in [-0.15, -0.1) is 0 Å². The minimum absolute atomic E-state index is 0.638. The summed E-state index contributed by atoms with van der Waals surface area (Å²) >= 11 is 0. The Morgan fingerprint density at radius 3 is 1.13 bits per heavy atom. The zero-order valence-electron chi connectivity index (χ0n) is 25.1. The SMILES string of the molecule is c1ccc(-c2cccc(-c3nc(-c4cccc(-c5ccccc5)c4)nc(-c4ccc(-c5ccccc5)c5ccccc45)n3)c2)cc1. The molecule has 3 nitrogen and oxygen atoms in total. The lowest BCUT2D eigenvalue weighted by atomic mass is 9.94. The molecule has 0 spiro atoms. The number of rotatable bonds is 6. The standard InChI is InChI=1S/C43H29N3/c1-4-14-30(15-5-1)33-20-12-22-35(28-33)41-44-42(36-23-13-21-34(29-36)31-16-6-2-7-17-31)46-43(45-41)40-27-26-37(32-18-8-3-9-19-32)38-24-10-11-25-39(38)40/h1-29H. The molecule has 0 aliphatic rings. The van der Waals surface area contributed by atoms with E-state index in [2.05, 4.69) is 158 Å². The van der Waals surface area contributed by atoms with Crippen molar-refractivity contribution in [3.05, 3.63) is 176 Å². The molecule has 1 heterocycles. The van der Waals surface area contributed by atoms with E-state index >= 15 is 0 Å². The van der Waals surface area contributed by atoms with Crippen molar-refractivity contribution in [2.24, 2.45) is 0 Å². The molecule has 0 aliphatic carbocycles. The van der Waals surface area contributed by atoms with Crippen LogP contribution < -0.4 is 0 Å². The van der Waals surface area contributed by atoms with Crippen molar-refractivity contribution in [2.45, 2.75) is 0 Å². The van der Waals surface area contributed by atoms with Crippen molar-refractivity contribution in [2.75, 3.05) is 0 Å². The van der Waals surface area contributed by atoms with Crippen molar-refractivity contribution >= 4 is 10.8 Å². The summed E-state index contributed by atoms with van der Waals surface area (Å²) in [5, 5.41) is 2.26. The van der Waals surface area contributed by atoms with Crippen LogP contribution >= 0.6 is 0 Å². The molecule has 0 saturated carbocycles. The van der Waals surface area contributed by atoms with Crippen LogP contribution in [0.2, 0.25) is 0 Å². The van der Waals surface area contributed by atoms with Crippen LogP contribution in [0, 0.1) is 0 Å². The van der Waals surface area contributed by atoms with Crippen molar-refractivity contribution in [3.63, 3.8) is 0 Å². The van der Waals surface area contributed by atoms with E-state index < -0.39 is 0 Å². The first-order valence-corrected chi connectivity index (χ1v) is 15.5. The van der Waals surface area contributed by atoms with E-state index in [-0.39, 0.29) is 0 Å². The minimum atomic E-state index is 0.638. The molecule has 8 aromatic rings. The van der Waals surface area contributed by atoms with Gasteiger partial charge in [-0.05, 0) is 62.4 Å². The Hall–Kier alpha value is -6.19. The molecule has 0 amide bonds. The summed E-state index contributed by atoms with van der Waals surface area (Å²) in [4.78, 5) is 15.4. The van der Waals surface area contributed by atoms with Gasteiger partial charge in [0.25, 0.3) is 0 Å². The fraction of sp³-hybridized carbons (Fsp3) is 0. The molecule has 0 unspecified atom stereocenters. The lowest BCUT2D eigenvalue weighted by Crippen LogP contribution is -2.01. The molecular formula is C43H29N3. The predicted octanol–water partition coefficient (Wildman–Crippen LogP) is 11.0. The van der Waals surface area contributed by atoms with Gasteiger partial charge in [0.2, 0.25) is 0 Å². The highest BCUT2D eigenvalue weighted by atomic mass is 15.0. The highest BCUT2D eigenvalue weighted by Gasteiger charge is 2.17. The first kappa shape index (κ1) is 27.4. The van der Waals surface area contributed by atoms with Crippen LogP contribution in [-0.2, 0) is 0 Å². The Morgan fingerprint density at radius 2 is 0.609 bits per heavy atom. The van der Waals surface area contributed by atoms with Crippen molar-refractivity contribution in [3.8, 4) is 67.5 Å². The van der Waals surface area contributed by atoms with Crippen LogP contribution in [0.3, 0.4) is 0 Å². The zero-order valence-corrected chi connectivity index (χ0v) is 25.1. The lowest BCUT2D eigenvalue weighted by molar-refractivity contribution is 1.08. The van der Waals surface area contributed by atoms with Crippen LogP contribution in [0.15, 0.2) is 176 Å². The summed E-state index contributed by atoms with van der Waals surface area (Å²) in [6.07, 6.45) is 0. The van der Waals surface area contributed by atoms with Gasteiger partial charge >= 0.3 is 0 Å². The van der Waals surface area contributed by atoms with Gasteiger partial charge in [0, 0.05) is 16.7 Å². The Morgan fingerprint density at radius 1 is 0.239 bits per heavy atom. The van der Waals surface area contributed by atoms with Crippen molar-refractivity contribution in [1.82, 2.24) is 15.0 Å². The quantitative estimate of drug-likeness (QED) is 0.194. The molecule has 216 valence electrons. The maximum Gasteiger partial charge on any atom is 0.164 e. The van der Waals surface area contributed by atoms with E-state index in [4.69, 9.17) is 15.0 Å². The van der Waals surface area contributed by atoms with E-state index in [9.17, 15) is 0 Å². The number of aromatic nitrogens is 3. The molecule has 0 radical (unpaired) electrons. The molecular weight excluding hydrogens is 558 g/mol. The van der Waals surface area contributed by atoms with E-state index in [1.807, 2.05) is 18.2 Å². The highest BCUT2D eigenvalue weighted by molar-refractivity contribution is 6.04. The second kappa shape index (κ2) is 12.1. The molecule has 0 N–H and O–H groups in total. The Bertz CT molecular complexity index is 2190. The number of benzene rings is 7. The van der Waals surface area contributed by atoms with Gasteiger partial charge in [-0.2, -0.15) is 0 Å². The third-order valence-electron chi connectivity index (χ3n) is 8.34. The van der Waals surface area contributed by atoms with Crippen LogP contribution in [0.4, 0.5) is 0 Å². The summed E-state index contributed by atoms with van der Waals surface area (Å²) in [5.41, 5.74) is 9.74. The molecule has 0 fully saturated rings. The van der Waals surface area contributed by atoms with Gasteiger partial charge in [0.1, 0.15) is 0 Å². The third-order valence-corrected chi connectivity index (χ3v) is 8.34. The number of hydrogen-bond acceptors (Lipinski definition) is 3. The molecule has 0 atom stereocenters. The van der Waals surface area contributed by atoms with Gasteiger partial charge in [-0.1, -0.05) is 158 Å². The summed E-state index contributed by atoms with van der Waals surface area (Å²) in [6, 6.07) is 61.0. The van der Waals surface area contributed by atoms with Crippen LogP contribution in [0.5, 0.6) is 0 Å². The molecule has 8 rings (SSSR count). The van der Waals surface area contributed by atoms with Crippen LogP contribution in [0.1, 0.15) is 0 Å². The predicted molar refractivity (Wildman–Crippen MR) is 190 cm³/mol. The minimum Gasteiger partial charge on any atom is -0.208 e. The molecule has 46 heavy (non-hydrogen) atoms. The van der Waals surface area contributed by atoms with Crippen molar-refractivity contribution < 1.29 is 0 Å². The third kappa shape index (κ3) is 5.36. The zero-order chi connectivity index (χ0) is 30.7. The number of hydrogen-bond donors (Lipinski definition) is 0. The van der Waals surface area contributed by atoms with E-state index in [0.29, 0.717) is 17.5 Å². The average molecular weight is 588 g/mol. The highest BCUT2D eigenvalue weighted by Crippen LogP contribution is 2.36. The molecule has 7 aromatic carbocycles. The smallest absolute Gasteiger partial charge is 0.164 e. The second-order valence-electron chi connectivity index (χ2n) is 11.3. The van der Waals surface area contributed by atoms with Crippen molar-refractivity contribution in [1.29, 1.82) is 0 Å². The van der Waals surface area contributed by atoms with Gasteiger partial charge in [-0.3, -0.25) is 0 Å². The van der Waals surface area contributed by atoms with Gasteiger partial charge in [0.15, 0.2) is 17.5 Å². The summed E-state index contributed by atoms with van der Waals surface area (Å²) in [5.74, 6) is 1.92. The molecule has 0 bridgehead atoms. The normalized spacial score (nSPS) is 11.0. The molecule has 3 heteroatoms. The van der Waals surface area contributed by atoms with Gasteiger partial charge < -0.3 is 0 Å². The first-order chi connectivity index (χ1) is 22.8. The number of nitrogens with zero attached hydrogens (tertiary/aromatic N) is 3. The summed E-state index contributed by atoms with van der Waals surface area (Å²) < 4.78 is 0. The maximum atomic E-state index is 5.15. The van der Waals surface area contributed by atoms with Gasteiger partial charge in [-0.25, -0.2) is 15.0 Å². The maximum absolute atomic E-state index is 5.15. The van der Waals surface area contributed by atoms with Crippen LogP contribution in [-0.4, -0.2) is 15.0 Å². The topological polar surface area (TPSA) is 38.7 Å². The fourth-order valence-electron chi connectivity index (χ4n) is 6.05. The summed E-state index contributed by atoms with van der Waals surface area (Å²) in [6.45, 7) is 0. The molecule has 0 aliphatic heterocycles.